The van der Waals surface area contributed by atoms with Crippen LogP contribution in [-0.4, -0.2) is 35.3 Å². The number of hydrogen-bond acceptors (Lipinski definition) is 3. The van der Waals surface area contributed by atoms with E-state index in [0.29, 0.717) is 6.54 Å². The summed E-state index contributed by atoms with van der Waals surface area (Å²) in [6.45, 7) is 7.16. The van der Waals surface area contributed by atoms with Crippen LogP contribution in [0.5, 0.6) is 0 Å². The molecule has 0 aromatic carbocycles. The zero-order valence-corrected chi connectivity index (χ0v) is 10.6. The minimum Gasteiger partial charge on any atom is -0.356 e. The highest BCUT2D eigenvalue weighted by Crippen LogP contribution is 1.93. The van der Waals surface area contributed by atoms with Gasteiger partial charge in [-0.25, -0.2) is 0 Å². The highest BCUT2D eigenvalue weighted by molar-refractivity contribution is 5.78. The van der Waals surface area contributed by atoms with Crippen LogP contribution in [0.3, 0.4) is 0 Å². The first-order valence-corrected chi connectivity index (χ1v) is 6.20. The largest absolute Gasteiger partial charge is 0.356 e. The lowest BCUT2D eigenvalue weighted by Crippen LogP contribution is -2.36. The normalized spacial score (nSPS) is 12.4. The van der Waals surface area contributed by atoms with Crippen molar-refractivity contribution in [3.8, 4) is 0 Å². The van der Waals surface area contributed by atoms with E-state index in [9.17, 15) is 4.79 Å². The van der Waals surface area contributed by atoms with E-state index in [4.69, 9.17) is 0 Å². The maximum Gasteiger partial charge on any atom is 0.224 e. The van der Waals surface area contributed by atoms with Gasteiger partial charge in [0.1, 0.15) is 0 Å². The van der Waals surface area contributed by atoms with Crippen molar-refractivity contribution in [2.24, 2.45) is 5.92 Å². The van der Waals surface area contributed by atoms with Crippen molar-refractivity contribution in [2.75, 3.05) is 19.6 Å². The summed E-state index contributed by atoms with van der Waals surface area (Å²) in [4.78, 5) is 11.6. The Hall–Kier alpha value is -1.36. The smallest absolute Gasteiger partial charge is 0.224 e. The second-order valence-electron chi connectivity index (χ2n) is 4.12. The second-order valence-corrected chi connectivity index (χ2v) is 4.12. The molecule has 1 aromatic heterocycles. The number of aromatic nitrogens is 2. The summed E-state index contributed by atoms with van der Waals surface area (Å²) < 4.78 is 1.87. The Kier molecular flexibility index (Phi) is 6.32. The molecule has 1 aromatic rings. The fraction of sp³-hybridized carbons (Fsp3) is 0.667. The van der Waals surface area contributed by atoms with Crippen molar-refractivity contribution in [3.05, 3.63) is 18.5 Å². The number of amides is 1. The van der Waals surface area contributed by atoms with Crippen molar-refractivity contribution in [1.29, 1.82) is 0 Å². The molecule has 1 heterocycles. The molecule has 0 aliphatic heterocycles. The van der Waals surface area contributed by atoms with Crippen molar-refractivity contribution >= 4 is 5.91 Å². The third kappa shape index (κ3) is 5.49. The summed E-state index contributed by atoms with van der Waals surface area (Å²) in [5, 5.41) is 10.2. The fourth-order valence-electron chi connectivity index (χ4n) is 1.51. The quantitative estimate of drug-likeness (QED) is 0.653. The highest BCUT2D eigenvalue weighted by Gasteiger charge is 2.10. The Balaban J connectivity index is 2.07. The van der Waals surface area contributed by atoms with Gasteiger partial charge in [-0.3, -0.25) is 9.48 Å². The Bertz CT molecular complexity index is 310. The molecular weight excluding hydrogens is 216 g/mol. The summed E-state index contributed by atoms with van der Waals surface area (Å²) in [6, 6.07) is 1.90. The van der Waals surface area contributed by atoms with Crippen molar-refractivity contribution < 1.29 is 4.79 Å². The molecule has 1 unspecified atom stereocenters. The van der Waals surface area contributed by atoms with E-state index in [1.54, 1.807) is 6.20 Å². The van der Waals surface area contributed by atoms with Gasteiger partial charge in [-0.15, -0.1) is 0 Å². The molecule has 96 valence electrons. The predicted octanol–water partition coefficient (Wildman–Crippen LogP) is 0.635. The molecule has 17 heavy (non-hydrogen) atoms. The van der Waals surface area contributed by atoms with Gasteiger partial charge in [0, 0.05) is 37.9 Å². The molecule has 0 saturated carbocycles. The molecule has 0 aliphatic rings. The highest BCUT2D eigenvalue weighted by atomic mass is 16.1. The molecule has 0 spiro atoms. The first kappa shape index (κ1) is 13.7. The maximum atomic E-state index is 11.6. The molecule has 1 atom stereocenters. The van der Waals surface area contributed by atoms with E-state index in [0.717, 1.165) is 26.1 Å². The van der Waals surface area contributed by atoms with Gasteiger partial charge in [-0.05, 0) is 19.0 Å². The van der Waals surface area contributed by atoms with Crippen LogP contribution in [0.25, 0.3) is 0 Å². The van der Waals surface area contributed by atoms with Crippen LogP contribution in [-0.2, 0) is 11.3 Å². The third-order valence-corrected chi connectivity index (χ3v) is 2.57. The number of carbonyl (C=O) groups excluding carboxylic acids is 1. The summed E-state index contributed by atoms with van der Waals surface area (Å²) in [7, 11) is 0. The number of carbonyl (C=O) groups is 1. The van der Waals surface area contributed by atoms with Crippen molar-refractivity contribution in [3.63, 3.8) is 0 Å². The summed E-state index contributed by atoms with van der Waals surface area (Å²) in [5.74, 6) is 0.145. The summed E-state index contributed by atoms with van der Waals surface area (Å²) >= 11 is 0. The van der Waals surface area contributed by atoms with Gasteiger partial charge in [0.15, 0.2) is 0 Å². The topological polar surface area (TPSA) is 59.0 Å². The summed E-state index contributed by atoms with van der Waals surface area (Å²) in [5.41, 5.74) is 0. The Morgan fingerprint density at radius 1 is 1.53 bits per heavy atom. The lowest BCUT2D eigenvalue weighted by atomic mass is 10.1. The number of aryl methyl sites for hydroxylation is 1. The van der Waals surface area contributed by atoms with Crippen LogP contribution >= 0.6 is 0 Å². The molecule has 0 fully saturated rings. The van der Waals surface area contributed by atoms with Crippen LogP contribution in [0, 0.1) is 5.92 Å². The Labute approximate surface area is 103 Å². The minimum absolute atomic E-state index is 0.0275. The first-order chi connectivity index (χ1) is 8.24. The van der Waals surface area contributed by atoms with E-state index in [1.165, 1.54) is 0 Å². The molecule has 1 amide bonds. The fourth-order valence-corrected chi connectivity index (χ4v) is 1.51. The summed E-state index contributed by atoms with van der Waals surface area (Å²) in [6.07, 6.45) is 4.59. The Morgan fingerprint density at radius 3 is 3.00 bits per heavy atom. The van der Waals surface area contributed by atoms with Gasteiger partial charge in [0.25, 0.3) is 0 Å². The molecule has 1 rings (SSSR count). The van der Waals surface area contributed by atoms with Crippen molar-refractivity contribution in [2.45, 2.75) is 26.8 Å². The number of rotatable bonds is 8. The predicted molar refractivity (Wildman–Crippen MR) is 67.6 cm³/mol. The van der Waals surface area contributed by atoms with Gasteiger partial charge in [-0.1, -0.05) is 13.8 Å². The molecule has 5 heteroatoms. The van der Waals surface area contributed by atoms with E-state index < -0.39 is 0 Å². The molecule has 0 radical (unpaired) electrons. The zero-order chi connectivity index (χ0) is 12.5. The standard InChI is InChI=1S/C12H22N4O/c1-3-13-10-11(2)12(17)14-6-4-8-16-9-5-7-15-16/h5,7,9,11,13H,3-4,6,8,10H2,1-2H3,(H,14,17). The van der Waals surface area contributed by atoms with E-state index in [1.807, 2.05) is 30.8 Å². The Morgan fingerprint density at radius 2 is 2.35 bits per heavy atom. The number of hydrogen-bond donors (Lipinski definition) is 2. The number of nitrogens with zero attached hydrogens (tertiary/aromatic N) is 2. The van der Waals surface area contributed by atoms with Gasteiger partial charge in [-0.2, -0.15) is 5.10 Å². The third-order valence-electron chi connectivity index (χ3n) is 2.57. The molecule has 0 bridgehead atoms. The van der Waals surface area contributed by atoms with Crippen LogP contribution < -0.4 is 10.6 Å². The molecule has 0 aliphatic carbocycles. The van der Waals surface area contributed by atoms with E-state index >= 15 is 0 Å². The van der Waals surface area contributed by atoms with Gasteiger partial charge in [0.05, 0.1) is 0 Å². The van der Waals surface area contributed by atoms with Gasteiger partial charge < -0.3 is 10.6 Å². The molecule has 2 N–H and O–H groups in total. The monoisotopic (exact) mass is 238 g/mol. The lowest BCUT2D eigenvalue weighted by molar-refractivity contribution is -0.124. The van der Waals surface area contributed by atoms with E-state index in [-0.39, 0.29) is 11.8 Å². The number of nitrogens with one attached hydrogen (secondary N) is 2. The second kappa shape index (κ2) is 7.84. The molecular formula is C12H22N4O. The average Bonchev–Trinajstić information content (AvgIpc) is 2.84. The maximum absolute atomic E-state index is 11.6. The van der Waals surface area contributed by atoms with Crippen molar-refractivity contribution in [1.82, 2.24) is 20.4 Å². The van der Waals surface area contributed by atoms with Gasteiger partial charge in [0.2, 0.25) is 5.91 Å². The van der Waals surface area contributed by atoms with Crippen LogP contribution in [0.4, 0.5) is 0 Å². The van der Waals surface area contributed by atoms with Crippen LogP contribution in [0.1, 0.15) is 20.3 Å². The lowest BCUT2D eigenvalue weighted by Gasteiger charge is -2.12. The van der Waals surface area contributed by atoms with Gasteiger partial charge >= 0.3 is 0 Å². The van der Waals surface area contributed by atoms with E-state index in [2.05, 4.69) is 15.7 Å². The SMILES string of the molecule is CCNCC(C)C(=O)NCCCn1cccn1. The zero-order valence-electron chi connectivity index (χ0n) is 10.6. The first-order valence-electron chi connectivity index (χ1n) is 6.20. The van der Waals surface area contributed by atoms with Crippen LogP contribution in [0.15, 0.2) is 18.5 Å². The minimum atomic E-state index is 0.0275. The molecule has 5 nitrogen and oxygen atoms in total. The average molecular weight is 238 g/mol. The molecule has 0 saturated heterocycles. The van der Waals surface area contributed by atoms with Crippen LogP contribution in [0.2, 0.25) is 0 Å².